The second kappa shape index (κ2) is 11.3. The summed E-state index contributed by atoms with van der Waals surface area (Å²) < 4.78 is 30.9. The average molecular weight is 490 g/mol. The Balaban J connectivity index is 1.56. The zero-order chi connectivity index (χ0) is 23.8. The summed E-state index contributed by atoms with van der Waals surface area (Å²) in [6.45, 7) is 0.419. The molecule has 0 amide bonds. The molecule has 0 aliphatic rings. The van der Waals surface area contributed by atoms with Crippen LogP contribution in [0.3, 0.4) is 0 Å². The Morgan fingerprint density at radius 3 is 2.42 bits per heavy atom. The second-order valence-electron chi connectivity index (χ2n) is 7.33. The minimum Gasteiger partial charge on any atom is -0.482 e. The minimum atomic E-state index is -3.77. The number of carboxylic acid groups (broad SMARTS) is 1. The van der Waals surface area contributed by atoms with E-state index >= 15 is 0 Å². The van der Waals surface area contributed by atoms with Crippen LogP contribution in [0.25, 0.3) is 0 Å². The van der Waals surface area contributed by atoms with Gasteiger partial charge in [-0.2, -0.15) is 0 Å². The maximum absolute atomic E-state index is 12.9. The van der Waals surface area contributed by atoms with Crippen LogP contribution in [0.5, 0.6) is 5.75 Å². The molecule has 0 heterocycles. The second-order valence-corrected chi connectivity index (χ2v) is 9.72. The molecule has 3 aromatic rings. The Morgan fingerprint density at radius 1 is 1.00 bits per heavy atom. The van der Waals surface area contributed by atoms with Crippen molar-refractivity contribution in [3.05, 3.63) is 88.9 Å². The minimum absolute atomic E-state index is 0.0230. The van der Waals surface area contributed by atoms with Crippen molar-refractivity contribution in [2.45, 2.75) is 22.3 Å². The molecule has 3 N–H and O–H groups in total. The number of aliphatic hydroxyl groups is 1. The van der Waals surface area contributed by atoms with E-state index < -0.39 is 28.5 Å². The van der Waals surface area contributed by atoms with Crippen molar-refractivity contribution in [2.24, 2.45) is 0 Å². The summed E-state index contributed by atoms with van der Waals surface area (Å²) in [5, 5.41) is 22.7. The van der Waals surface area contributed by atoms with Crippen molar-refractivity contribution in [3.8, 4) is 5.75 Å². The first kappa shape index (κ1) is 24.7. The van der Waals surface area contributed by atoms with Crippen molar-refractivity contribution >= 4 is 27.4 Å². The normalized spacial score (nSPS) is 12.3. The number of nitrogens with one attached hydrogen (secondary N) is 1. The fourth-order valence-electron chi connectivity index (χ4n) is 3.15. The van der Waals surface area contributed by atoms with Gasteiger partial charge in [0.05, 0.1) is 15.9 Å². The molecule has 1 atom stereocenters. The van der Waals surface area contributed by atoms with Gasteiger partial charge < -0.3 is 20.3 Å². The molecule has 3 aromatic carbocycles. The van der Waals surface area contributed by atoms with Crippen LogP contribution < -0.4 is 10.1 Å². The molecule has 0 aliphatic carbocycles. The van der Waals surface area contributed by atoms with Crippen molar-refractivity contribution in [1.29, 1.82) is 0 Å². The predicted molar refractivity (Wildman–Crippen MR) is 124 cm³/mol. The van der Waals surface area contributed by atoms with Crippen LogP contribution in [0.15, 0.2) is 82.6 Å². The quantitative estimate of drug-likeness (QED) is 0.353. The molecule has 7 nitrogen and oxygen atoms in total. The maximum atomic E-state index is 12.9. The molecular formula is C24H24ClNO6S. The van der Waals surface area contributed by atoms with Crippen molar-refractivity contribution < 1.29 is 28.2 Å². The topological polar surface area (TPSA) is 113 Å². The number of rotatable bonds is 11. The zero-order valence-corrected chi connectivity index (χ0v) is 19.2. The van der Waals surface area contributed by atoms with Gasteiger partial charge in [-0.3, -0.25) is 0 Å². The number of hydrogen-bond acceptors (Lipinski definition) is 6. The standard InChI is InChI=1S/C24H24ClNO6S/c25-19-4-1-3-18(13-19)23(27)15-26-12-11-17-7-9-21(10-8-17)33(30,31)22-6-2-5-20(14-22)32-16-24(28)29/h1-10,13-14,23,26-27H,11-12,15-16H2,(H,28,29)/t23-/m0/s1. The van der Waals surface area contributed by atoms with E-state index in [4.69, 9.17) is 21.4 Å². The SMILES string of the molecule is O=C(O)COc1cccc(S(=O)(=O)c2ccc(CCNC[C@H](O)c3cccc(Cl)c3)cc2)c1. The summed E-state index contributed by atoms with van der Waals surface area (Å²) >= 11 is 5.95. The Kier molecular flexibility index (Phi) is 8.46. The summed E-state index contributed by atoms with van der Waals surface area (Å²) in [4.78, 5) is 10.8. The van der Waals surface area contributed by atoms with Gasteiger partial charge in [0.1, 0.15) is 5.75 Å². The van der Waals surface area contributed by atoms with Gasteiger partial charge in [0, 0.05) is 11.6 Å². The van der Waals surface area contributed by atoms with E-state index in [9.17, 15) is 18.3 Å². The molecule has 0 saturated carbocycles. The highest BCUT2D eigenvalue weighted by Gasteiger charge is 2.18. The Morgan fingerprint density at radius 2 is 1.73 bits per heavy atom. The first-order chi connectivity index (χ1) is 15.8. The van der Waals surface area contributed by atoms with Crippen molar-refractivity contribution in [3.63, 3.8) is 0 Å². The fourth-order valence-corrected chi connectivity index (χ4v) is 4.65. The lowest BCUT2D eigenvalue weighted by molar-refractivity contribution is -0.139. The number of sulfone groups is 1. The highest BCUT2D eigenvalue weighted by molar-refractivity contribution is 7.91. The van der Waals surface area contributed by atoms with Crippen LogP contribution in [-0.2, 0) is 21.1 Å². The monoisotopic (exact) mass is 489 g/mol. The van der Waals surface area contributed by atoms with Gasteiger partial charge >= 0.3 is 5.97 Å². The van der Waals surface area contributed by atoms with Gasteiger partial charge in [-0.05, 0) is 66.6 Å². The van der Waals surface area contributed by atoms with Crippen molar-refractivity contribution in [2.75, 3.05) is 19.7 Å². The third-order valence-electron chi connectivity index (χ3n) is 4.87. The number of carbonyl (C=O) groups is 1. The lowest BCUT2D eigenvalue weighted by Gasteiger charge is -2.13. The van der Waals surface area contributed by atoms with Crippen molar-refractivity contribution in [1.82, 2.24) is 5.32 Å². The van der Waals surface area contributed by atoms with Gasteiger partial charge in [-0.25, -0.2) is 13.2 Å². The van der Waals surface area contributed by atoms with E-state index in [1.54, 1.807) is 30.3 Å². The third-order valence-corrected chi connectivity index (χ3v) is 6.88. The summed E-state index contributed by atoms with van der Waals surface area (Å²) in [7, 11) is -3.77. The number of benzene rings is 3. The van der Waals surface area contributed by atoms with Crippen LogP contribution in [0.2, 0.25) is 5.02 Å². The fraction of sp³-hybridized carbons (Fsp3) is 0.208. The van der Waals surface area contributed by atoms with Gasteiger partial charge in [0.2, 0.25) is 9.84 Å². The molecular weight excluding hydrogens is 466 g/mol. The van der Waals surface area contributed by atoms with Gasteiger partial charge in [0.15, 0.2) is 6.61 Å². The van der Waals surface area contributed by atoms with E-state index in [-0.39, 0.29) is 15.5 Å². The smallest absolute Gasteiger partial charge is 0.341 e. The molecule has 0 saturated heterocycles. The number of aliphatic hydroxyl groups excluding tert-OH is 1. The van der Waals surface area contributed by atoms with Crippen LogP contribution in [0, 0.1) is 0 Å². The number of ether oxygens (including phenoxy) is 1. The largest absolute Gasteiger partial charge is 0.482 e. The third kappa shape index (κ3) is 7.03. The molecule has 0 spiro atoms. The molecule has 0 fully saturated rings. The summed E-state index contributed by atoms with van der Waals surface area (Å²) in [6.07, 6.45) is -0.0207. The van der Waals surface area contributed by atoms with Gasteiger partial charge in [0.25, 0.3) is 0 Å². The van der Waals surface area contributed by atoms with Crippen LogP contribution in [0.1, 0.15) is 17.2 Å². The molecule has 9 heteroatoms. The van der Waals surface area contributed by atoms with Crippen LogP contribution >= 0.6 is 11.6 Å². The maximum Gasteiger partial charge on any atom is 0.341 e. The van der Waals surface area contributed by atoms with Crippen LogP contribution in [-0.4, -0.2) is 44.3 Å². The van der Waals surface area contributed by atoms with Crippen LogP contribution in [0.4, 0.5) is 0 Å². The lowest BCUT2D eigenvalue weighted by Crippen LogP contribution is -2.23. The number of hydrogen-bond donors (Lipinski definition) is 3. The zero-order valence-electron chi connectivity index (χ0n) is 17.6. The number of aliphatic carboxylic acids is 1. The summed E-state index contributed by atoms with van der Waals surface area (Å²) in [5.74, 6) is -0.978. The van der Waals surface area contributed by atoms with E-state index in [2.05, 4.69) is 5.32 Å². The number of carboxylic acids is 1. The van der Waals surface area contributed by atoms with Gasteiger partial charge in [-0.15, -0.1) is 0 Å². The first-order valence-corrected chi connectivity index (χ1v) is 12.0. The van der Waals surface area contributed by atoms with E-state index in [0.717, 1.165) is 11.1 Å². The molecule has 33 heavy (non-hydrogen) atoms. The number of halogens is 1. The van der Waals surface area contributed by atoms with Gasteiger partial charge in [-0.1, -0.05) is 41.9 Å². The molecule has 0 unspecified atom stereocenters. The molecule has 3 rings (SSSR count). The highest BCUT2D eigenvalue weighted by Crippen LogP contribution is 2.25. The molecule has 0 aromatic heterocycles. The summed E-state index contributed by atoms with van der Waals surface area (Å²) in [5.41, 5.74) is 1.68. The molecule has 174 valence electrons. The Bertz CT molecular complexity index is 1200. The van der Waals surface area contributed by atoms with E-state index in [1.807, 2.05) is 6.07 Å². The average Bonchev–Trinajstić information content (AvgIpc) is 2.81. The predicted octanol–water partition coefficient (Wildman–Crippen LogP) is 3.50. The molecule has 0 bridgehead atoms. The molecule has 0 aliphatic heterocycles. The lowest BCUT2D eigenvalue weighted by atomic mass is 10.1. The first-order valence-electron chi connectivity index (χ1n) is 10.2. The highest BCUT2D eigenvalue weighted by atomic mass is 35.5. The Hall–Kier alpha value is -2.91. The molecule has 0 radical (unpaired) electrons. The van der Waals surface area contributed by atoms with E-state index in [1.165, 1.54) is 36.4 Å². The summed E-state index contributed by atoms with van der Waals surface area (Å²) in [6, 6.07) is 19.4. The Labute approximate surface area is 197 Å². The van der Waals surface area contributed by atoms with E-state index in [0.29, 0.717) is 24.5 Å².